The Hall–Kier alpha value is -3.05. The minimum atomic E-state index is -2.21. The van der Waals surface area contributed by atoms with E-state index in [1.54, 1.807) is 31.9 Å². The number of benzene rings is 1. The number of carbonyl (C=O) groups excluding carboxylic acids is 1. The number of pyridine rings is 1. The Labute approximate surface area is 170 Å². The Bertz CT molecular complexity index is 1050. The van der Waals surface area contributed by atoms with Crippen molar-refractivity contribution in [3.63, 3.8) is 0 Å². The summed E-state index contributed by atoms with van der Waals surface area (Å²) in [5, 5.41) is 6.07. The van der Waals surface area contributed by atoms with Crippen molar-refractivity contribution in [3.05, 3.63) is 60.6 Å². The minimum Gasteiger partial charge on any atom is -0.326 e. The molecule has 0 bridgehead atoms. The summed E-state index contributed by atoms with van der Waals surface area (Å²) in [7, 11) is -2.21. The molecule has 1 amide bonds. The highest BCUT2D eigenvalue weighted by molar-refractivity contribution is 7.62. The van der Waals surface area contributed by atoms with Crippen molar-refractivity contribution >= 4 is 30.4 Å². The monoisotopic (exact) mass is 409 g/mol. The van der Waals surface area contributed by atoms with E-state index in [1.165, 1.54) is 0 Å². The molecule has 0 saturated heterocycles. The number of amides is 1. The number of anilines is 3. The molecule has 150 valence electrons. The van der Waals surface area contributed by atoms with Crippen LogP contribution in [0.3, 0.4) is 0 Å². The molecule has 0 aliphatic heterocycles. The average Bonchev–Trinajstić information content (AvgIpc) is 2.69. The van der Waals surface area contributed by atoms with Gasteiger partial charge < -0.3 is 15.2 Å². The summed E-state index contributed by atoms with van der Waals surface area (Å²) in [6, 6.07) is 11.2. The Morgan fingerprint density at radius 1 is 1.14 bits per heavy atom. The van der Waals surface area contributed by atoms with Crippen LogP contribution in [0.4, 0.5) is 17.3 Å². The van der Waals surface area contributed by atoms with Crippen molar-refractivity contribution in [2.45, 2.75) is 13.3 Å². The second-order valence-electron chi connectivity index (χ2n) is 7.26. The predicted molar refractivity (Wildman–Crippen MR) is 117 cm³/mol. The molecule has 3 rings (SSSR count). The molecule has 0 radical (unpaired) electrons. The van der Waals surface area contributed by atoms with Crippen molar-refractivity contribution in [2.24, 2.45) is 0 Å². The minimum absolute atomic E-state index is 0.154. The van der Waals surface area contributed by atoms with Gasteiger partial charge in [0.25, 0.3) is 0 Å². The van der Waals surface area contributed by atoms with Crippen LogP contribution in [0.25, 0.3) is 11.3 Å². The average molecular weight is 409 g/mol. The first-order valence-corrected chi connectivity index (χ1v) is 12.0. The third-order valence-corrected chi connectivity index (χ3v) is 5.56. The van der Waals surface area contributed by atoms with E-state index in [9.17, 15) is 9.36 Å². The third-order valence-electron chi connectivity index (χ3n) is 4.26. The van der Waals surface area contributed by atoms with E-state index in [4.69, 9.17) is 0 Å². The number of carbonyl (C=O) groups is 1. The number of rotatable bonds is 7. The van der Waals surface area contributed by atoms with E-state index in [1.807, 2.05) is 43.3 Å². The van der Waals surface area contributed by atoms with Crippen molar-refractivity contribution in [1.82, 2.24) is 15.0 Å². The second kappa shape index (κ2) is 8.97. The lowest BCUT2D eigenvalue weighted by atomic mass is 10.1. The summed E-state index contributed by atoms with van der Waals surface area (Å²) >= 11 is 0. The maximum atomic E-state index is 12.1. The summed E-state index contributed by atoms with van der Waals surface area (Å²) < 4.78 is 11.8. The molecule has 0 unspecified atom stereocenters. The largest absolute Gasteiger partial charge is 0.326 e. The van der Waals surface area contributed by atoms with Gasteiger partial charge in [-0.1, -0.05) is 6.07 Å². The molecule has 2 heterocycles. The Kier molecular flexibility index (Phi) is 6.39. The highest BCUT2D eigenvalue weighted by Gasteiger charge is 2.12. The van der Waals surface area contributed by atoms with Crippen molar-refractivity contribution in [1.29, 1.82) is 0 Å². The van der Waals surface area contributed by atoms with E-state index in [-0.39, 0.29) is 12.3 Å². The van der Waals surface area contributed by atoms with Gasteiger partial charge in [0.1, 0.15) is 0 Å². The number of nitrogens with one attached hydrogen (secondary N) is 2. The quantitative estimate of drug-likeness (QED) is 0.556. The molecule has 7 nitrogen and oxygen atoms in total. The van der Waals surface area contributed by atoms with Gasteiger partial charge in [0, 0.05) is 48.1 Å². The van der Waals surface area contributed by atoms with Crippen LogP contribution in [0.1, 0.15) is 12.0 Å². The number of hydrogen-bond acceptors (Lipinski definition) is 6. The van der Waals surface area contributed by atoms with Gasteiger partial charge in [-0.15, -0.1) is 0 Å². The first-order chi connectivity index (χ1) is 13.8. The lowest BCUT2D eigenvalue weighted by molar-refractivity contribution is -0.115. The first-order valence-electron chi connectivity index (χ1n) is 9.25. The number of nitrogens with zero attached hydrogens (tertiary/aromatic N) is 3. The van der Waals surface area contributed by atoms with Crippen LogP contribution in [0.2, 0.25) is 0 Å². The van der Waals surface area contributed by atoms with Crippen molar-refractivity contribution in [3.8, 4) is 11.3 Å². The zero-order valence-corrected chi connectivity index (χ0v) is 17.6. The molecule has 0 fully saturated rings. The number of hydrogen-bond donors (Lipinski definition) is 2. The molecule has 0 aliphatic carbocycles. The number of aromatic nitrogens is 3. The standard InChI is InChI=1S/C21H24N5O2P/c1-15-6-7-17(24-20(27)9-12-29(2,3)28)13-19(15)26-21-23-11-8-18(25-21)16-5-4-10-22-14-16/h4-8,10-11,13-14H,9,12H2,1-3H3,(H,24,27)(H,23,25,26). The third kappa shape index (κ3) is 6.22. The fraction of sp³-hybridized carbons (Fsp3) is 0.238. The van der Waals surface area contributed by atoms with Crippen LogP contribution in [0.15, 0.2) is 55.0 Å². The molecule has 1 aromatic carbocycles. The molecule has 0 saturated carbocycles. The normalized spacial score (nSPS) is 11.1. The lowest BCUT2D eigenvalue weighted by Crippen LogP contribution is -2.13. The van der Waals surface area contributed by atoms with Crippen molar-refractivity contribution in [2.75, 3.05) is 30.1 Å². The maximum absolute atomic E-state index is 12.1. The van der Waals surface area contributed by atoms with Crippen molar-refractivity contribution < 1.29 is 9.36 Å². The summed E-state index contributed by atoms with van der Waals surface area (Å²) in [6.45, 7) is 5.34. The first kappa shape index (κ1) is 20.7. The zero-order valence-electron chi connectivity index (χ0n) is 16.7. The Balaban J connectivity index is 1.74. The molecule has 0 spiro atoms. The SMILES string of the molecule is Cc1ccc(NC(=O)CCP(C)(C)=O)cc1Nc1nccc(-c2cccnc2)n1. The molecule has 0 atom stereocenters. The summed E-state index contributed by atoms with van der Waals surface area (Å²) in [4.78, 5) is 25.1. The van der Waals surface area contributed by atoms with Gasteiger partial charge in [0.2, 0.25) is 11.9 Å². The van der Waals surface area contributed by atoms with Crippen LogP contribution in [-0.4, -0.2) is 40.4 Å². The highest BCUT2D eigenvalue weighted by Crippen LogP contribution is 2.36. The molecule has 8 heteroatoms. The van der Waals surface area contributed by atoms with E-state index in [0.29, 0.717) is 17.8 Å². The summed E-state index contributed by atoms with van der Waals surface area (Å²) in [5.41, 5.74) is 4.11. The van der Waals surface area contributed by atoms with Gasteiger partial charge in [-0.25, -0.2) is 9.97 Å². The van der Waals surface area contributed by atoms with E-state index >= 15 is 0 Å². The second-order valence-corrected chi connectivity index (χ2v) is 10.9. The van der Waals surface area contributed by atoms with E-state index in [2.05, 4.69) is 25.6 Å². The smallest absolute Gasteiger partial charge is 0.227 e. The maximum Gasteiger partial charge on any atom is 0.227 e. The van der Waals surface area contributed by atoms with Crippen LogP contribution >= 0.6 is 7.14 Å². The van der Waals surface area contributed by atoms with E-state index < -0.39 is 7.14 Å². The zero-order chi connectivity index (χ0) is 20.9. The predicted octanol–water partition coefficient (Wildman–Crippen LogP) is 4.54. The molecule has 2 N–H and O–H groups in total. The molecular formula is C21H24N5O2P. The molecule has 0 aliphatic rings. The molecule has 3 aromatic rings. The van der Waals surface area contributed by atoms with E-state index in [0.717, 1.165) is 22.5 Å². The topological polar surface area (TPSA) is 96.9 Å². The highest BCUT2D eigenvalue weighted by atomic mass is 31.2. The van der Waals surface area contributed by atoms with Crippen LogP contribution in [-0.2, 0) is 9.36 Å². The molecular weight excluding hydrogens is 385 g/mol. The van der Waals surface area contributed by atoms with Crippen LogP contribution in [0.5, 0.6) is 0 Å². The summed E-state index contributed by atoms with van der Waals surface area (Å²) in [6.07, 6.45) is 5.78. The van der Waals surface area contributed by atoms with Gasteiger partial charge in [-0.05, 0) is 56.1 Å². The fourth-order valence-corrected chi connectivity index (χ4v) is 3.38. The van der Waals surface area contributed by atoms with Gasteiger partial charge >= 0.3 is 0 Å². The van der Waals surface area contributed by atoms with Crippen LogP contribution < -0.4 is 10.6 Å². The molecule has 29 heavy (non-hydrogen) atoms. The molecule has 2 aromatic heterocycles. The fourth-order valence-electron chi connectivity index (χ4n) is 2.64. The van der Waals surface area contributed by atoms with Gasteiger partial charge in [0.15, 0.2) is 0 Å². The van der Waals surface area contributed by atoms with Crippen LogP contribution in [0, 0.1) is 6.92 Å². The number of aryl methyl sites for hydroxylation is 1. The van der Waals surface area contributed by atoms with Gasteiger partial charge in [-0.2, -0.15) is 0 Å². The summed E-state index contributed by atoms with van der Waals surface area (Å²) in [5.74, 6) is 0.300. The van der Waals surface area contributed by atoms with Gasteiger partial charge in [0.05, 0.1) is 12.8 Å². The Morgan fingerprint density at radius 3 is 2.69 bits per heavy atom. The Morgan fingerprint density at radius 2 is 1.97 bits per heavy atom. The van der Waals surface area contributed by atoms with Gasteiger partial charge in [-0.3, -0.25) is 9.78 Å². The lowest BCUT2D eigenvalue weighted by Gasteiger charge is -2.12.